The molecular formula is C11H19N3. The fourth-order valence-corrected chi connectivity index (χ4v) is 2.70. The number of hydrogen-bond donors (Lipinski definition) is 0. The van der Waals surface area contributed by atoms with E-state index < -0.39 is 0 Å². The number of hydrogen-bond acceptors (Lipinski definition) is 3. The Morgan fingerprint density at radius 2 is 2.14 bits per heavy atom. The first-order chi connectivity index (χ1) is 6.69. The van der Waals surface area contributed by atoms with Crippen LogP contribution in [0.15, 0.2) is 0 Å². The van der Waals surface area contributed by atoms with E-state index in [0.29, 0.717) is 11.5 Å². The Morgan fingerprint density at radius 1 is 1.43 bits per heavy atom. The lowest BCUT2D eigenvalue weighted by Crippen LogP contribution is -2.55. The highest BCUT2D eigenvalue weighted by atomic mass is 15.3. The minimum absolute atomic E-state index is 0.471. The maximum atomic E-state index is 8.71. The van der Waals surface area contributed by atoms with Crippen molar-refractivity contribution in [1.82, 2.24) is 9.80 Å². The molecule has 1 unspecified atom stereocenters. The first-order valence-corrected chi connectivity index (χ1v) is 5.58. The van der Waals surface area contributed by atoms with Gasteiger partial charge in [-0.15, -0.1) is 0 Å². The van der Waals surface area contributed by atoms with Gasteiger partial charge in [0.1, 0.15) is 0 Å². The first kappa shape index (κ1) is 9.79. The molecular weight excluding hydrogens is 174 g/mol. The van der Waals surface area contributed by atoms with Gasteiger partial charge in [-0.25, -0.2) is 0 Å². The van der Waals surface area contributed by atoms with Crippen molar-refractivity contribution in [2.24, 2.45) is 5.41 Å². The van der Waals surface area contributed by atoms with Gasteiger partial charge in [0.2, 0.25) is 0 Å². The number of rotatable bonds is 2. The lowest BCUT2D eigenvalue weighted by molar-refractivity contribution is 0.0510. The zero-order valence-corrected chi connectivity index (χ0v) is 9.16. The molecule has 78 valence electrons. The molecule has 2 rings (SSSR count). The maximum Gasteiger partial charge on any atom is 0.179 e. The molecule has 1 atom stereocenters. The van der Waals surface area contributed by atoms with Crippen LogP contribution in [0, 0.1) is 16.9 Å². The van der Waals surface area contributed by atoms with Crippen molar-refractivity contribution in [2.75, 3.05) is 26.2 Å². The van der Waals surface area contributed by atoms with Crippen LogP contribution in [0.4, 0.5) is 0 Å². The van der Waals surface area contributed by atoms with Crippen LogP contribution in [-0.2, 0) is 0 Å². The monoisotopic (exact) mass is 193 g/mol. The molecule has 3 nitrogen and oxygen atoms in total. The fourth-order valence-electron chi connectivity index (χ4n) is 2.70. The maximum absolute atomic E-state index is 8.71. The largest absolute Gasteiger partial charge is 0.309 e. The van der Waals surface area contributed by atoms with Crippen LogP contribution in [0.1, 0.15) is 26.7 Å². The normalized spacial score (nSPS) is 27.4. The quantitative estimate of drug-likeness (QED) is 0.619. The molecule has 0 aliphatic carbocycles. The Balaban J connectivity index is 1.87. The van der Waals surface area contributed by atoms with Gasteiger partial charge in [-0.1, -0.05) is 6.92 Å². The highest BCUT2D eigenvalue weighted by Crippen LogP contribution is 2.39. The summed E-state index contributed by atoms with van der Waals surface area (Å²) in [6.45, 7) is 8.99. The third-order valence-electron chi connectivity index (χ3n) is 3.88. The summed E-state index contributed by atoms with van der Waals surface area (Å²) in [5, 5.41) is 8.71. The summed E-state index contributed by atoms with van der Waals surface area (Å²) in [5.41, 5.74) is 0.471. The van der Waals surface area contributed by atoms with Gasteiger partial charge in [-0.2, -0.15) is 5.26 Å². The lowest BCUT2D eigenvalue weighted by atomic mass is 9.79. The highest BCUT2D eigenvalue weighted by molar-refractivity contribution is 5.05. The zero-order chi connectivity index (χ0) is 10.2. The van der Waals surface area contributed by atoms with Crippen molar-refractivity contribution in [1.29, 1.82) is 5.26 Å². The Bertz CT molecular complexity index is 250. The van der Waals surface area contributed by atoms with Crippen LogP contribution >= 0.6 is 0 Å². The number of likely N-dealkylation sites (tertiary alicyclic amines) is 2. The molecule has 2 heterocycles. The summed E-state index contributed by atoms with van der Waals surface area (Å²) in [6.07, 6.45) is 4.75. The molecule has 1 spiro atoms. The predicted molar refractivity (Wildman–Crippen MR) is 55.6 cm³/mol. The first-order valence-electron chi connectivity index (χ1n) is 5.58. The van der Waals surface area contributed by atoms with E-state index in [9.17, 15) is 0 Å². The molecule has 3 heteroatoms. The molecule has 0 aromatic heterocycles. The standard InChI is InChI=1S/C11H19N3/c1-3-10(2)14-5-4-11(8-14)6-13(7-11)9-12/h10H,3-8H2,1-2H3. The van der Waals surface area contributed by atoms with Gasteiger partial charge >= 0.3 is 0 Å². The Morgan fingerprint density at radius 3 is 2.71 bits per heavy atom. The molecule has 0 aromatic rings. The Kier molecular flexibility index (Phi) is 2.40. The van der Waals surface area contributed by atoms with Crippen LogP contribution in [0.25, 0.3) is 0 Å². The van der Waals surface area contributed by atoms with E-state index in [-0.39, 0.29) is 0 Å². The average molecular weight is 193 g/mol. The van der Waals surface area contributed by atoms with Crippen molar-refractivity contribution in [3.8, 4) is 6.19 Å². The van der Waals surface area contributed by atoms with Gasteiger partial charge in [0.15, 0.2) is 6.19 Å². The summed E-state index contributed by atoms with van der Waals surface area (Å²) in [4.78, 5) is 4.45. The minimum Gasteiger partial charge on any atom is -0.309 e. The highest BCUT2D eigenvalue weighted by Gasteiger charge is 2.47. The van der Waals surface area contributed by atoms with Crippen LogP contribution in [0.5, 0.6) is 0 Å². The average Bonchev–Trinajstić information content (AvgIpc) is 2.58. The molecule has 2 saturated heterocycles. The van der Waals surface area contributed by atoms with Gasteiger partial charge in [-0.05, 0) is 26.3 Å². The summed E-state index contributed by atoms with van der Waals surface area (Å²) in [6, 6.07) is 0.713. The number of nitrogens with zero attached hydrogens (tertiary/aromatic N) is 3. The van der Waals surface area contributed by atoms with Gasteiger partial charge in [0, 0.05) is 31.1 Å². The molecule has 0 radical (unpaired) electrons. The SMILES string of the molecule is CCC(C)N1CCC2(CN(C#N)C2)C1. The van der Waals surface area contributed by atoms with Crippen LogP contribution in [0.3, 0.4) is 0 Å². The fraction of sp³-hybridized carbons (Fsp3) is 0.909. The Hall–Kier alpha value is -0.750. The topological polar surface area (TPSA) is 30.3 Å². The van der Waals surface area contributed by atoms with Crippen molar-refractivity contribution >= 4 is 0 Å². The van der Waals surface area contributed by atoms with E-state index in [0.717, 1.165) is 13.1 Å². The molecule has 2 aliphatic rings. The second-order valence-corrected chi connectivity index (χ2v) is 4.93. The zero-order valence-electron chi connectivity index (χ0n) is 9.16. The van der Waals surface area contributed by atoms with Gasteiger partial charge in [-0.3, -0.25) is 4.90 Å². The van der Waals surface area contributed by atoms with Crippen LogP contribution in [-0.4, -0.2) is 42.0 Å². The predicted octanol–water partition coefficient (Wildman–Crippen LogP) is 1.27. The minimum atomic E-state index is 0.471. The van der Waals surface area contributed by atoms with E-state index in [2.05, 4.69) is 24.9 Å². The van der Waals surface area contributed by atoms with Gasteiger partial charge in [0.25, 0.3) is 0 Å². The van der Waals surface area contributed by atoms with Gasteiger partial charge < -0.3 is 4.90 Å². The smallest absolute Gasteiger partial charge is 0.179 e. The van der Waals surface area contributed by atoms with Crippen molar-refractivity contribution < 1.29 is 0 Å². The molecule has 0 bridgehead atoms. The summed E-state index contributed by atoms with van der Waals surface area (Å²) in [5.74, 6) is 0. The summed E-state index contributed by atoms with van der Waals surface area (Å²) in [7, 11) is 0. The summed E-state index contributed by atoms with van der Waals surface area (Å²) >= 11 is 0. The van der Waals surface area contributed by atoms with E-state index in [4.69, 9.17) is 5.26 Å². The Labute approximate surface area is 86.3 Å². The second-order valence-electron chi connectivity index (χ2n) is 4.93. The van der Waals surface area contributed by atoms with E-state index in [1.807, 2.05) is 4.90 Å². The van der Waals surface area contributed by atoms with Crippen molar-refractivity contribution in [3.63, 3.8) is 0 Å². The number of nitriles is 1. The molecule has 0 aromatic carbocycles. The van der Waals surface area contributed by atoms with Crippen LogP contribution < -0.4 is 0 Å². The molecule has 2 aliphatic heterocycles. The van der Waals surface area contributed by atoms with Crippen molar-refractivity contribution in [3.05, 3.63) is 0 Å². The second kappa shape index (κ2) is 3.43. The molecule has 14 heavy (non-hydrogen) atoms. The van der Waals surface area contributed by atoms with E-state index >= 15 is 0 Å². The summed E-state index contributed by atoms with van der Waals surface area (Å²) < 4.78 is 0. The molecule has 0 N–H and O–H groups in total. The molecule has 0 amide bonds. The van der Waals surface area contributed by atoms with Crippen molar-refractivity contribution in [2.45, 2.75) is 32.7 Å². The van der Waals surface area contributed by atoms with E-state index in [1.54, 1.807) is 0 Å². The van der Waals surface area contributed by atoms with Crippen LogP contribution in [0.2, 0.25) is 0 Å². The van der Waals surface area contributed by atoms with E-state index in [1.165, 1.54) is 25.9 Å². The van der Waals surface area contributed by atoms with Gasteiger partial charge in [0.05, 0.1) is 0 Å². The third kappa shape index (κ3) is 1.48. The third-order valence-corrected chi connectivity index (χ3v) is 3.88. The molecule has 0 saturated carbocycles. The molecule has 2 fully saturated rings. The lowest BCUT2D eigenvalue weighted by Gasteiger charge is -2.45.